The molecule has 0 spiro atoms. The third kappa shape index (κ3) is 2.76. The van der Waals surface area contributed by atoms with Gasteiger partial charge in [-0.15, -0.1) is 0 Å². The highest BCUT2D eigenvalue weighted by Gasteiger charge is 2.50. The number of H-pyrrole nitrogens is 1. The van der Waals surface area contributed by atoms with Crippen molar-refractivity contribution in [2.24, 2.45) is 7.05 Å². The maximum atomic E-state index is 13.5. The van der Waals surface area contributed by atoms with E-state index >= 15 is 0 Å². The number of aromatic nitrogens is 4. The lowest BCUT2D eigenvalue weighted by atomic mass is 9.63. The minimum absolute atomic E-state index is 0.0181. The van der Waals surface area contributed by atoms with E-state index in [1.165, 1.54) is 5.56 Å². The minimum Gasteiger partial charge on any atom is -0.347 e. The third-order valence-electron chi connectivity index (χ3n) is 7.08. The highest BCUT2D eigenvalue weighted by Crippen LogP contribution is 2.51. The maximum absolute atomic E-state index is 13.5. The first-order valence-corrected chi connectivity index (χ1v) is 11.2. The summed E-state index contributed by atoms with van der Waals surface area (Å²) < 4.78 is 1.94. The van der Waals surface area contributed by atoms with Gasteiger partial charge in [0.25, 0.3) is 5.91 Å². The molecular weight excluding hydrogens is 400 g/mol. The standard InChI is InChI=1S/C25H30N6O/c1-7-25(17-10-8-9-16(11-17)21-14(2)15(3)30-31(21)6)18-13-26-29-22(18)27-19-12-24(4,5)28-23(32)20(19)25/h8-11,13H,7,12H2,1-6H3,(H,28,32)(H2,26,27,29)/t25-/m0/s1. The number of hydrogen-bond donors (Lipinski definition) is 3. The molecule has 32 heavy (non-hydrogen) atoms. The molecule has 4 heterocycles. The predicted octanol–water partition coefficient (Wildman–Crippen LogP) is 4.10. The summed E-state index contributed by atoms with van der Waals surface area (Å²) >= 11 is 0. The maximum Gasteiger partial charge on any atom is 0.250 e. The van der Waals surface area contributed by atoms with Gasteiger partial charge in [-0.25, -0.2) is 0 Å². The van der Waals surface area contributed by atoms with Crippen molar-refractivity contribution in [3.05, 3.63) is 64.1 Å². The monoisotopic (exact) mass is 430 g/mol. The van der Waals surface area contributed by atoms with Crippen molar-refractivity contribution >= 4 is 11.7 Å². The highest BCUT2D eigenvalue weighted by molar-refractivity contribution is 6.01. The van der Waals surface area contributed by atoms with Gasteiger partial charge in [0.05, 0.1) is 28.6 Å². The molecular formula is C25H30N6O. The van der Waals surface area contributed by atoms with Crippen LogP contribution in [-0.4, -0.2) is 31.4 Å². The summed E-state index contributed by atoms with van der Waals surface area (Å²) in [5.41, 5.74) is 7.33. The van der Waals surface area contributed by atoms with E-state index in [2.05, 4.69) is 77.9 Å². The Morgan fingerprint density at radius 3 is 2.69 bits per heavy atom. The summed E-state index contributed by atoms with van der Waals surface area (Å²) in [6.45, 7) is 10.4. The molecule has 7 nitrogen and oxygen atoms in total. The van der Waals surface area contributed by atoms with E-state index < -0.39 is 5.41 Å². The lowest BCUT2D eigenvalue weighted by molar-refractivity contribution is -0.120. The Kier molecular flexibility index (Phi) is 4.38. The molecule has 1 aromatic carbocycles. The smallest absolute Gasteiger partial charge is 0.250 e. The van der Waals surface area contributed by atoms with Gasteiger partial charge >= 0.3 is 0 Å². The average Bonchev–Trinajstić information content (AvgIpc) is 3.29. The quantitative estimate of drug-likeness (QED) is 0.584. The lowest BCUT2D eigenvalue weighted by Gasteiger charge is -2.45. The molecule has 7 heteroatoms. The number of carbonyl (C=O) groups excluding carboxylic acids is 1. The summed E-state index contributed by atoms with van der Waals surface area (Å²) in [5.74, 6) is 0.851. The van der Waals surface area contributed by atoms with E-state index in [1.54, 1.807) is 0 Å². The van der Waals surface area contributed by atoms with Gasteiger partial charge in [0.15, 0.2) is 0 Å². The summed E-state index contributed by atoms with van der Waals surface area (Å²) in [7, 11) is 1.98. The largest absolute Gasteiger partial charge is 0.347 e. The van der Waals surface area contributed by atoms with Crippen molar-refractivity contribution in [1.82, 2.24) is 25.3 Å². The van der Waals surface area contributed by atoms with Gasteiger partial charge in [0.2, 0.25) is 0 Å². The van der Waals surface area contributed by atoms with Gasteiger partial charge in [-0.1, -0.05) is 25.1 Å². The molecule has 0 radical (unpaired) electrons. The van der Waals surface area contributed by atoms with E-state index in [0.29, 0.717) is 0 Å². The fourth-order valence-corrected chi connectivity index (χ4v) is 5.60. The zero-order valence-electron chi connectivity index (χ0n) is 19.6. The Bertz CT molecular complexity index is 1280. The van der Waals surface area contributed by atoms with E-state index in [-0.39, 0.29) is 11.4 Å². The van der Waals surface area contributed by atoms with Crippen LogP contribution in [-0.2, 0) is 17.3 Å². The Labute approximate surface area is 188 Å². The summed E-state index contributed by atoms with van der Waals surface area (Å²) in [4.78, 5) is 13.5. The Hall–Kier alpha value is -3.35. The Morgan fingerprint density at radius 1 is 1.22 bits per heavy atom. The number of nitrogens with zero attached hydrogens (tertiary/aromatic N) is 3. The van der Waals surface area contributed by atoms with Gasteiger partial charge in [-0.05, 0) is 51.3 Å². The van der Waals surface area contributed by atoms with Crippen LogP contribution < -0.4 is 10.6 Å². The Morgan fingerprint density at radius 2 is 2.00 bits per heavy atom. The van der Waals surface area contributed by atoms with Gasteiger partial charge in [-0.2, -0.15) is 10.2 Å². The van der Waals surface area contributed by atoms with Crippen LogP contribution in [0.5, 0.6) is 0 Å². The van der Waals surface area contributed by atoms with E-state index in [9.17, 15) is 4.79 Å². The molecule has 0 aliphatic carbocycles. The SMILES string of the molecule is CC[C@@]1(c2cccc(-c3c(C)c(C)nn3C)c2)C2=C(CC(C)(C)NC2=O)Nc2[nH]ncc21. The van der Waals surface area contributed by atoms with Crippen LogP contribution in [0.3, 0.4) is 0 Å². The molecule has 0 bridgehead atoms. The van der Waals surface area contributed by atoms with E-state index in [0.717, 1.165) is 58.0 Å². The molecule has 2 aromatic heterocycles. The van der Waals surface area contributed by atoms with Crippen LogP contribution in [0.4, 0.5) is 5.82 Å². The first-order valence-electron chi connectivity index (χ1n) is 11.2. The second-order valence-electron chi connectivity index (χ2n) is 9.67. The number of aryl methyl sites for hydroxylation is 2. The number of amides is 1. The van der Waals surface area contributed by atoms with Crippen molar-refractivity contribution < 1.29 is 4.79 Å². The molecule has 0 fully saturated rings. The fraction of sp³-hybridized carbons (Fsp3) is 0.400. The molecule has 0 saturated carbocycles. The van der Waals surface area contributed by atoms with Gasteiger partial charge < -0.3 is 10.6 Å². The average molecular weight is 431 g/mol. The van der Waals surface area contributed by atoms with Crippen molar-refractivity contribution in [2.75, 3.05) is 5.32 Å². The van der Waals surface area contributed by atoms with Crippen molar-refractivity contribution in [1.29, 1.82) is 0 Å². The zero-order valence-corrected chi connectivity index (χ0v) is 19.6. The topological polar surface area (TPSA) is 87.6 Å². The van der Waals surface area contributed by atoms with Gasteiger partial charge in [0, 0.05) is 35.8 Å². The third-order valence-corrected chi connectivity index (χ3v) is 7.08. The summed E-state index contributed by atoms with van der Waals surface area (Å²) in [6, 6.07) is 8.54. The van der Waals surface area contributed by atoms with Crippen molar-refractivity contribution in [3.8, 4) is 11.3 Å². The van der Waals surface area contributed by atoms with Crippen molar-refractivity contribution in [3.63, 3.8) is 0 Å². The molecule has 166 valence electrons. The fourth-order valence-electron chi connectivity index (χ4n) is 5.60. The first kappa shape index (κ1) is 20.5. The Balaban J connectivity index is 1.77. The number of aromatic amines is 1. The van der Waals surface area contributed by atoms with Gasteiger partial charge in [-0.3, -0.25) is 14.6 Å². The van der Waals surface area contributed by atoms with Crippen LogP contribution in [0.15, 0.2) is 41.7 Å². The summed E-state index contributed by atoms with van der Waals surface area (Å²) in [6.07, 6.45) is 3.32. The molecule has 0 saturated heterocycles. The molecule has 1 amide bonds. The second-order valence-corrected chi connectivity index (χ2v) is 9.67. The molecule has 1 atom stereocenters. The molecule has 2 aliphatic rings. The lowest BCUT2D eigenvalue weighted by Crippen LogP contribution is -2.54. The van der Waals surface area contributed by atoms with E-state index in [4.69, 9.17) is 0 Å². The zero-order chi connectivity index (χ0) is 22.8. The molecule has 0 unspecified atom stereocenters. The predicted molar refractivity (Wildman–Crippen MR) is 125 cm³/mol. The molecule has 3 aromatic rings. The number of rotatable bonds is 3. The highest BCUT2D eigenvalue weighted by atomic mass is 16.2. The summed E-state index contributed by atoms with van der Waals surface area (Å²) in [5, 5.41) is 18.8. The van der Waals surface area contributed by atoms with Crippen LogP contribution >= 0.6 is 0 Å². The number of benzene rings is 1. The number of hydrogen-bond acceptors (Lipinski definition) is 4. The first-order chi connectivity index (χ1) is 15.2. The van der Waals surface area contributed by atoms with E-state index in [1.807, 2.05) is 24.9 Å². The van der Waals surface area contributed by atoms with Crippen LogP contribution in [0.1, 0.15) is 56.0 Å². The molecule has 5 rings (SSSR count). The minimum atomic E-state index is -0.596. The number of carbonyl (C=O) groups is 1. The number of anilines is 1. The second kappa shape index (κ2) is 6.82. The van der Waals surface area contributed by atoms with Crippen LogP contribution in [0.2, 0.25) is 0 Å². The normalized spacial score (nSPS) is 21.6. The van der Waals surface area contributed by atoms with Crippen LogP contribution in [0, 0.1) is 13.8 Å². The van der Waals surface area contributed by atoms with Crippen LogP contribution in [0.25, 0.3) is 11.3 Å². The number of nitrogens with one attached hydrogen (secondary N) is 3. The molecule has 2 aliphatic heterocycles. The van der Waals surface area contributed by atoms with Gasteiger partial charge in [0.1, 0.15) is 5.82 Å². The van der Waals surface area contributed by atoms with Crippen molar-refractivity contribution in [2.45, 2.75) is 58.4 Å². The number of fused-ring (bicyclic) bond motifs is 1. The molecule has 3 N–H and O–H groups in total.